The maximum Gasteiger partial charge on any atom is 0.203 e. The van der Waals surface area contributed by atoms with Gasteiger partial charge in [-0.15, -0.1) is 0 Å². The van der Waals surface area contributed by atoms with Crippen molar-refractivity contribution in [1.82, 2.24) is 9.36 Å². The molecule has 1 aromatic heterocycles. The van der Waals surface area contributed by atoms with Crippen LogP contribution >= 0.6 is 34.1 Å². The third-order valence-electron chi connectivity index (χ3n) is 1.82. The molecule has 2 rings (SSSR count). The molecule has 14 heavy (non-hydrogen) atoms. The van der Waals surface area contributed by atoms with Crippen LogP contribution in [0.5, 0.6) is 0 Å². The van der Waals surface area contributed by atoms with Gasteiger partial charge in [-0.2, -0.15) is 4.37 Å². The highest BCUT2D eigenvalue weighted by molar-refractivity contribution is 14.1. The lowest BCUT2D eigenvalue weighted by Gasteiger charge is -2.00. The van der Waals surface area contributed by atoms with E-state index in [2.05, 4.69) is 9.36 Å². The van der Waals surface area contributed by atoms with Gasteiger partial charge in [0.2, 0.25) is 3.83 Å². The summed E-state index contributed by atoms with van der Waals surface area (Å²) in [7, 11) is 0. The zero-order chi connectivity index (χ0) is 10.1. The van der Waals surface area contributed by atoms with Gasteiger partial charge in [0.1, 0.15) is 10.8 Å². The first kappa shape index (κ1) is 9.97. The van der Waals surface area contributed by atoms with Gasteiger partial charge in [-0.1, -0.05) is 12.1 Å². The van der Waals surface area contributed by atoms with Crippen molar-refractivity contribution in [2.45, 2.75) is 6.92 Å². The predicted octanol–water partition coefficient (Wildman–Crippen LogP) is 3.26. The van der Waals surface area contributed by atoms with Crippen LogP contribution in [0.1, 0.15) is 5.56 Å². The van der Waals surface area contributed by atoms with Crippen molar-refractivity contribution < 1.29 is 4.39 Å². The second-order valence-corrected chi connectivity index (χ2v) is 4.52. The molecule has 5 heteroatoms. The molecule has 2 nitrogen and oxygen atoms in total. The Bertz CT molecular complexity index is 470. The Hall–Kier alpha value is -0.560. The number of hydrogen-bond acceptors (Lipinski definition) is 3. The molecule has 0 spiro atoms. The van der Waals surface area contributed by atoms with Gasteiger partial charge >= 0.3 is 0 Å². The van der Waals surface area contributed by atoms with Crippen molar-refractivity contribution >= 4 is 34.1 Å². The average Bonchev–Trinajstić information content (AvgIpc) is 2.57. The van der Waals surface area contributed by atoms with Crippen LogP contribution in [-0.4, -0.2) is 9.36 Å². The lowest BCUT2D eigenvalue weighted by molar-refractivity contribution is 0.622. The predicted molar refractivity (Wildman–Crippen MR) is 62.8 cm³/mol. The summed E-state index contributed by atoms with van der Waals surface area (Å²) in [5.74, 6) is -0.208. The highest BCUT2D eigenvalue weighted by atomic mass is 127. The van der Waals surface area contributed by atoms with Crippen molar-refractivity contribution in [3.8, 4) is 10.6 Å². The maximum atomic E-state index is 13.6. The molecule has 0 bridgehead atoms. The van der Waals surface area contributed by atoms with E-state index in [4.69, 9.17) is 0 Å². The molecule has 0 aliphatic rings. The first-order valence-corrected chi connectivity index (χ1v) is 5.78. The third-order valence-corrected chi connectivity index (χ3v) is 3.38. The van der Waals surface area contributed by atoms with E-state index in [0.29, 0.717) is 20.0 Å². The highest BCUT2D eigenvalue weighted by Crippen LogP contribution is 2.26. The molecular weight excluding hydrogens is 314 g/mol. The second kappa shape index (κ2) is 3.90. The number of aryl methyl sites for hydroxylation is 1. The molecule has 0 unspecified atom stereocenters. The van der Waals surface area contributed by atoms with Crippen LogP contribution in [0.3, 0.4) is 0 Å². The minimum atomic E-state index is -0.208. The molecule has 0 atom stereocenters. The Morgan fingerprint density at radius 2 is 2.21 bits per heavy atom. The molecule has 0 saturated carbocycles. The monoisotopic (exact) mass is 320 g/mol. The summed E-state index contributed by atoms with van der Waals surface area (Å²) >= 11 is 3.23. The maximum absolute atomic E-state index is 13.6. The van der Waals surface area contributed by atoms with Gasteiger partial charge in [-0.3, -0.25) is 0 Å². The number of hydrogen-bond donors (Lipinski definition) is 0. The van der Waals surface area contributed by atoms with E-state index in [0.717, 1.165) is 0 Å². The summed E-state index contributed by atoms with van der Waals surface area (Å²) in [6.45, 7) is 1.74. The van der Waals surface area contributed by atoms with Gasteiger partial charge in [-0.25, -0.2) is 9.37 Å². The second-order valence-electron chi connectivity index (χ2n) is 2.81. The summed E-state index contributed by atoms with van der Waals surface area (Å²) in [4.78, 5) is 4.14. The fourth-order valence-corrected chi connectivity index (χ4v) is 2.41. The molecule has 0 fully saturated rings. The minimum absolute atomic E-state index is 0.208. The summed E-state index contributed by atoms with van der Waals surface area (Å²) in [5, 5.41) is 0.635. The molecule has 1 aromatic carbocycles. The topological polar surface area (TPSA) is 25.8 Å². The van der Waals surface area contributed by atoms with Crippen LogP contribution in [-0.2, 0) is 0 Å². The van der Waals surface area contributed by atoms with E-state index in [-0.39, 0.29) is 5.82 Å². The molecule has 0 saturated heterocycles. The Kier molecular flexibility index (Phi) is 2.78. The summed E-state index contributed by atoms with van der Waals surface area (Å²) in [6, 6.07) is 5.28. The van der Waals surface area contributed by atoms with E-state index in [1.165, 1.54) is 11.5 Å². The smallest absolute Gasteiger partial charge is 0.203 e. The van der Waals surface area contributed by atoms with E-state index in [1.54, 1.807) is 19.1 Å². The Morgan fingerprint density at radius 1 is 1.43 bits per heavy atom. The van der Waals surface area contributed by atoms with E-state index < -0.39 is 0 Å². The van der Waals surface area contributed by atoms with Crippen LogP contribution in [0.15, 0.2) is 18.2 Å². The Morgan fingerprint density at radius 3 is 2.86 bits per heavy atom. The van der Waals surface area contributed by atoms with Gasteiger partial charge in [0.25, 0.3) is 0 Å². The largest absolute Gasteiger partial charge is 0.209 e. The quantitative estimate of drug-likeness (QED) is 0.754. The number of rotatable bonds is 1. The first-order valence-electron chi connectivity index (χ1n) is 3.93. The van der Waals surface area contributed by atoms with Gasteiger partial charge in [0, 0.05) is 28.2 Å². The van der Waals surface area contributed by atoms with E-state index in [1.807, 2.05) is 28.7 Å². The molecule has 0 aliphatic carbocycles. The Balaban J connectivity index is 2.57. The molecule has 0 N–H and O–H groups in total. The van der Waals surface area contributed by atoms with Crippen LogP contribution < -0.4 is 0 Å². The lowest BCUT2D eigenvalue weighted by atomic mass is 10.1. The zero-order valence-electron chi connectivity index (χ0n) is 7.29. The van der Waals surface area contributed by atoms with E-state index >= 15 is 0 Å². The highest BCUT2D eigenvalue weighted by Gasteiger charge is 2.10. The molecule has 0 radical (unpaired) electrons. The SMILES string of the molecule is Cc1cccc(-c2nc(I)ns2)c1F. The fourth-order valence-electron chi connectivity index (χ4n) is 1.13. The molecule has 1 heterocycles. The lowest BCUT2D eigenvalue weighted by Crippen LogP contribution is -1.87. The van der Waals surface area contributed by atoms with Crippen LogP contribution in [0, 0.1) is 16.6 Å². The fraction of sp³-hybridized carbons (Fsp3) is 0.111. The first-order chi connectivity index (χ1) is 6.68. The Labute approximate surface area is 98.5 Å². The average molecular weight is 320 g/mol. The third kappa shape index (κ3) is 1.78. The number of halogens is 2. The van der Waals surface area contributed by atoms with Crippen molar-refractivity contribution in [1.29, 1.82) is 0 Å². The van der Waals surface area contributed by atoms with Crippen LogP contribution in [0.25, 0.3) is 10.6 Å². The van der Waals surface area contributed by atoms with Gasteiger partial charge in [-0.05, 0) is 30.1 Å². The molecular formula is C9H6FIN2S. The summed E-state index contributed by atoms with van der Waals surface area (Å²) < 4.78 is 18.3. The minimum Gasteiger partial charge on any atom is -0.209 e. The van der Waals surface area contributed by atoms with Crippen LogP contribution in [0.4, 0.5) is 4.39 Å². The standard InChI is InChI=1S/C9H6FIN2S/c1-5-3-2-4-6(7(5)10)8-12-9(11)13-14-8/h2-4H,1H3. The van der Waals surface area contributed by atoms with Gasteiger partial charge in [0.15, 0.2) is 0 Å². The summed E-state index contributed by atoms with van der Waals surface area (Å²) in [5.41, 5.74) is 1.16. The normalized spacial score (nSPS) is 10.5. The number of nitrogens with zero attached hydrogens (tertiary/aromatic N) is 2. The van der Waals surface area contributed by atoms with E-state index in [9.17, 15) is 4.39 Å². The molecule has 2 aromatic rings. The number of benzene rings is 1. The zero-order valence-corrected chi connectivity index (χ0v) is 10.3. The number of aromatic nitrogens is 2. The molecule has 72 valence electrons. The van der Waals surface area contributed by atoms with Crippen LogP contribution in [0.2, 0.25) is 0 Å². The summed E-state index contributed by atoms with van der Waals surface area (Å²) in [6.07, 6.45) is 0. The molecule has 0 amide bonds. The van der Waals surface area contributed by atoms with Crippen molar-refractivity contribution in [2.24, 2.45) is 0 Å². The van der Waals surface area contributed by atoms with Gasteiger partial charge < -0.3 is 0 Å². The van der Waals surface area contributed by atoms with Crippen molar-refractivity contribution in [3.63, 3.8) is 0 Å². The van der Waals surface area contributed by atoms with Gasteiger partial charge in [0.05, 0.1) is 0 Å². The van der Waals surface area contributed by atoms with Crippen molar-refractivity contribution in [3.05, 3.63) is 33.4 Å². The molecule has 0 aliphatic heterocycles. The van der Waals surface area contributed by atoms with Crippen molar-refractivity contribution in [2.75, 3.05) is 0 Å².